The summed E-state index contributed by atoms with van der Waals surface area (Å²) in [5.41, 5.74) is 5.36. The van der Waals surface area contributed by atoms with Crippen LogP contribution in [0.3, 0.4) is 0 Å². The van der Waals surface area contributed by atoms with E-state index in [1.807, 2.05) is 0 Å². The lowest BCUT2D eigenvalue weighted by Gasteiger charge is -2.03. The van der Waals surface area contributed by atoms with E-state index in [2.05, 4.69) is 4.72 Å². The fourth-order valence-electron chi connectivity index (χ4n) is 0.986. The molecular formula is C7H11N3O4S4. The molecule has 0 spiro atoms. The molecule has 0 atom stereocenters. The van der Waals surface area contributed by atoms with E-state index in [4.69, 9.17) is 23.1 Å². The van der Waals surface area contributed by atoms with Gasteiger partial charge in [0.15, 0.2) is 0 Å². The molecule has 0 saturated carbocycles. The van der Waals surface area contributed by atoms with Crippen LogP contribution in [-0.2, 0) is 20.0 Å². The SMILES string of the molecule is NC(=S)c1ccc(S(=O)(=O)NCCS(N)(=O)=O)s1. The van der Waals surface area contributed by atoms with Crippen LogP contribution in [0.1, 0.15) is 4.88 Å². The first-order chi connectivity index (χ1) is 8.12. The second-order valence-corrected chi connectivity index (χ2v) is 8.50. The van der Waals surface area contributed by atoms with Gasteiger partial charge in [-0.2, -0.15) is 0 Å². The van der Waals surface area contributed by atoms with Crippen molar-refractivity contribution in [2.75, 3.05) is 12.3 Å². The average molecular weight is 329 g/mol. The smallest absolute Gasteiger partial charge is 0.250 e. The molecular weight excluding hydrogens is 318 g/mol. The molecule has 1 heterocycles. The summed E-state index contributed by atoms with van der Waals surface area (Å²) in [4.78, 5) is 0.572. The molecule has 1 aromatic heterocycles. The highest BCUT2D eigenvalue weighted by molar-refractivity contribution is 7.92. The fourth-order valence-corrected chi connectivity index (χ4v) is 3.93. The van der Waals surface area contributed by atoms with Crippen molar-refractivity contribution in [3.8, 4) is 0 Å². The van der Waals surface area contributed by atoms with E-state index >= 15 is 0 Å². The molecule has 0 aliphatic rings. The summed E-state index contributed by atoms with van der Waals surface area (Å²) in [5.74, 6) is -0.472. The summed E-state index contributed by atoms with van der Waals surface area (Å²) in [6, 6.07) is 2.83. The van der Waals surface area contributed by atoms with Crippen molar-refractivity contribution < 1.29 is 16.8 Å². The van der Waals surface area contributed by atoms with Crippen LogP contribution in [0.25, 0.3) is 0 Å². The van der Waals surface area contributed by atoms with Crippen LogP contribution in [0.15, 0.2) is 16.3 Å². The number of hydrogen-bond donors (Lipinski definition) is 3. The Morgan fingerprint density at radius 1 is 1.33 bits per heavy atom. The Labute approximate surface area is 114 Å². The zero-order chi connectivity index (χ0) is 14.0. The molecule has 102 valence electrons. The van der Waals surface area contributed by atoms with Crippen LogP contribution < -0.4 is 15.6 Å². The average Bonchev–Trinajstić information content (AvgIpc) is 2.63. The Morgan fingerprint density at radius 2 is 1.94 bits per heavy atom. The predicted octanol–water partition coefficient (Wildman–Crippen LogP) is -1.05. The third-order valence-electron chi connectivity index (χ3n) is 1.77. The van der Waals surface area contributed by atoms with Crippen molar-refractivity contribution >= 4 is 48.6 Å². The summed E-state index contributed by atoms with van der Waals surface area (Å²) < 4.78 is 46.9. The maximum Gasteiger partial charge on any atom is 0.250 e. The molecule has 0 aliphatic heterocycles. The number of primary sulfonamides is 1. The Hall–Kier alpha value is -0.590. The minimum Gasteiger partial charge on any atom is -0.389 e. The molecule has 0 bridgehead atoms. The molecule has 0 aliphatic carbocycles. The van der Waals surface area contributed by atoms with Crippen molar-refractivity contribution in [2.24, 2.45) is 10.9 Å². The van der Waals surface area contributed by atoms with Gasteiger partial charge in [0.2, 0.25) is 20.0 Å². The predicted molar refractivity (Wildman–Crippen MR) is 73.4 cm³/mol. The Balaban J connectivity index is 2.77. The van der Waals surface area contributed by atoms with Gasteiger partial charge in [-0.1, -0.05) is 12.2 Å². The number of sulfonamides is 2. The molecule has 0 saturated heterocycles. The zero-order valence-corrected chi connectivity index (χ0v) is 12.3. The van der Waals surface area contributed by atoms with Crippen molar-refractivity contribution in [3.63, 3.8) is 0 Å². The Kier molecular flexibility index (Phi) is 4.80. The highest BCUT2D eigenvalue weighted by atomic mass is 32.2. The number of nitrogens with one attached hydrogen (secondary N) is 1. The molecule has 5 N–H and O–H groups in total. The number of hydrogen-bond acceptors (Lipinski definition) is 6. The molecule has 0 fully saturated rings. The Bertz CT molecular complexity index is 646. The molecule has 18 heavy (non-hydrogen) atoms. The monoisotopic (exact) mass is 329 g/mol. The molecule has 11 heteroatoms. The van der Waals surface area contributed by atoms with Gasteiger partial charge in [-0.05, 0) is 12.1 Å². The van der Waals surface area contributed by atoms with Crippen molar-refractivity contribution in [1.82, 2.24) is 4.72 Å². The van der Waals surface area contributed by atoms with Gasteiger partial charge in [0, 0.05) is 6.54 Å². The van der Waals surface area contributed by atoms with Crippen LogP contribution >= 0.6 is 23.6 Å². The van der Waals surface area contributed by atoms with E-state index < -0.39 is 25.8 Å². The molecule has 0 amide bonds. The van der Waals surface area contributed by atoms with E-state index in [-0.39, 0.29) is 15.7 Å². The zero-order valence-electron chi connectivity index (χ0n) is 8.99. The van der Waals surface area contributed by atoms with Gasteiger partial charge < -0.3 is 5.73 Å². The fraction of sp³-hybridized carbons (Fsp3) is 0.286. The first-order valence-electron chi connectivity index (χ1n) is 4.51. The van der Waals surface area contributed by atoms with Crippen molar-refractivity contribution in [2.45, 2.75) is 4.21 Å². The second kappa shape index (κ2) is 5.59. The first-order valence-corrected chi connectivity index (χ1v) is 8.94. The summed E-state index contributed by atoms with van der Waals surface area (Å²) in [7, 11) is -7.46. The minimum atomic E-state index is -3.76. The third kappa shape index (κ3) is 4.59. The van der Waals surface area contributed by atoms with Gasteiger partial charge in [0.05, 0.1) is 10.6 Å². The topological polar surface area (TPSA) is 132 Å². The number of thiophene rings is 1. The standard InChI is InChI=1S/C7H11N3O4S4/c8-7(15)5-1-2-6(16-5)18(13,14)10-3-4-17(9,11)12/h1-2,10H,3-4H2,(H2,8,15)(H2,9,11,12). The number of thiocarbonyl (C=S) groups is 1. The van der Waals surface area contributed by atoms with Gasteiger partial charge in [0.25, 0.3) is 0 Å². The van der Waals surface area contributed by atoms with Crippen LogP contribution in [0.5, 0.6) is 0 Å². The molecule has 0 unspecified atom stereocenters. The molecule has 0 radical (unpaired) electrons. The van der Waals surface area contributed by atoms with E-state index in [0.717, 1.165) is 11.3 Å². The van der Waals surface area contributed by atoms with Gasteiger partial charge in [-0.15, -0.1) is 11.3 Å². The molecule has 1 aromatic rings. The van der Waals surface area contributed by atoms with Gasteiger partial charge in [0.1, 0.15) is 9.20 Å². The van der Waals surface area contributed by atoms with Crippen LogP contribution in [-0.4, -0.2) is 34.1 Å². The minimum absolute atomic E-state index is 0.0136. The van der Waals surface area contributed by atoms with Gasteiger partial charge in [-0.3, -0.25) is 0 Å². The largest absolute Gasteiger partial charge is 0.389 e. The lowest BCUT2D eigenvalue weighted by molar-refractivity contribution is 0.583. The summed E-state index contributed by atoms with van der Waals surface area (Å²) in [6.45, 7) is -0.290. The Morgan fingerprint density at radius 3 is 2.39 bits per heavy atom. The normalized spacial score (nSPS) is 12.5. The summed E-state index contributed by atoms with van der Waals surface area (Å²) in [6.07, 6.45) is 0. The quantitative estimate of drug-likeness (QED) is 0.570. The van der Waals surface area contributed by atoms with Gasteiger partial charge in [-0.25, -0.2) is 26.7 Å². The molecule has 1 rings (SSSR count). The maximum atomic E-state index is 11.7. The second-order valence-electron chi connectivity index (χ2n) is 3.25. The summed E-state index contributed by atoms with van der Waals surface area (Å²) in [5, 5.41) is 4.75. The van der Waals surface area contributed by atoms with E-state index in [1.165, 1.54) is 12.1 Å². The van der Waals surface area contributed by atoms with E-state index in [9.17, 15) is 16.8 Å². The van der Waals surface area contributed by atoms with Crippen molar-refractivity contribution in [1.29, 1.82) is 0 Å². The van der Waals surface area contributed by atoms with Crippen LogP contribution in [0.2, 0.25) is 0 Å². The number of rotatable bonds is 6. The van der Waals surface area contributed by atoms with Crippen molar-refractivity contribution in [3.05, 3.63) is 17.0 Å². The highest BCUT2D eigenvalue weighted by Crippen LogP contribution is 2.21. The summed E-state index contributed by atoms with van der Waals surface area (Å²) >= 11 is 5.62. The third-order valence-corrected chi connectivity index (χ3v) is 5.96. The number of nitrogens with two attached hydrogens (primary N) is 2. The van der Waals surface area contributed by atoms with Crippen LogP contribution in [0, 0.1) is 0 Å². The molecule has 0 aromatic carbocycles. The highest BCUT2D eigenvalue weighted by Gasteiger charge is 2.17. The maximum absolute atomic E-state index is 11.7. The lowest BCUT2D eigenvalue weighted by atomic mass is 10.5. The van der Waals surface area contributed by atoms with E-state index in [1.54, 1.807) is 0 Å². The van der Waals surface area contributed by atoms with Crippen LogP contribution in [0.4, 0.5) is 0 Å². The van der Waals surface area contributed by atoms with Gasteiger partial charge >= 0.3 is 0 Å². The van der Waals surface area contributed by atoms with E-state index in [0.29, 0.717) is 4.88 Å². The molecule has 7 nitrogen and oxygen atoms in total. The first kappa shape index (κ1) is 15.5. The lowest BCUT2D eigenvalue weighted by Crippen LogP contribution is -2.31.